The Balaban J connectivity index is 1.16. The van der Waals surface area contributed by atoms with Crippen LogP contribution < -0.4 is 10.6 Å². The molecule has 1 unspecified atom stereocenters. The van der Waals surface area contributed by atoms with Gasteiger partial charge in [-0.2, -0.15) is 0 Å². The molecule has 1 aromatic carbocycles. The monoisotopic (exact) mass is 490 g/mol. The molecule has 0 spiro atoms. The first-order valence-electron chi connectivity index (χ1n) is 11.5. The molecule has 13 nitrogen and oxygen atoms in total. The number of carbonyl (C=O) groups excluding carboxylic acids is 4. The van der Waals surface area contributed by atoms with E-state index in [0.717, 1.165) is 5.56 Å². The van der Waals surface area contributed by atoms with Gasteiger partial charge in [-0.05, 0) is 30.2 Å². The van der Waals surface area contributed by atoms with Crippen LogP contribution in [-0.4, -0.2) is 78.4 Å². The molecule has 3 aliphatic rings. The molecule has 3 aliphatic heterocycles. The number of rotatable bonds is 5. The molecule has 0 aliphatic carbocycles. The minimum Gasteiger partial charge on any atom is -0.377 e. The summed E-state index contributed by atoms with van der Waals surface area (Å²) < 4.78 is 8.91. The van der Waals surface area contributed by atoms with Crippen LogP contribution in [0.25, 0.3) is 5.69 Å². The molecule has 0 radical (unpaired) electrons. The molecule has 3 aromatic rings. The molecule has 0 bridgehead atoms. The minimum absolute atomic E-state index is 0.0620. The highest BCUT2D eigenvalue weighted by Crippen LogP contribution is 2.29. The Morgan fingerprint density at radius 1 is 1.19 bits per heavy atom. The topological polar surface area (TPSA) is 153 Å². The van der Waals surface area contributed by atoms with Gasteiger partial charge >= 0.3 is 0 Å². The number of benzene rings is 1. The standard InChI is InChI=1S/C23H22N8O5/c32-20-4-3-18(22(34)26-20)30-8-13-7-14(1-2-15(13)23(30)35)31-9-16(27-28-31)21(33)25-17-10-36-11-19(17)29-6-5-24-12-29/h1-2,5-7,9,12,17-19H,3-4,8,10-11H2,(H,25,33)(H,26,32,34)/t17-,18?,19+/m1/s1. The predicted molar refractivity (Wildman–Crippen MR) is 121 cm³/mol. The fraction of sp³-hybridized carbons (Fsp3) is 0.348. The second-order valence-corrected chi connectivity index (χ2v) is 8.98. The van der Waals surface area contributed by atoms with E-state index in [0.29, 0.717) is 30.9 Å². The number of carbonyl (C=O) groups is 4. The van der Waals surface area contributed by atoms with E-state index in [9.17, 15) is 19.2 Å². The number of aromatic nitrogens is 5. The van der Waals surface area contributed by atoms with Gasteiger partial charge in [0.25, 0.3) is 11.8 Å². The van der Waals surface area contributed by atoms with E-state index >= 15 is 0 Å². The van der Waals surface area contributed by atoms with E-state index in [1.807, 2.05) is 10.8 Å². The molecule has 4 amide bonds. The molecule has 13 heteroatoms. The lowest BCUT2D eigenvalue weighted by Crippen LogP contribution is -2.52. The lowest BCUT2D eigenvalue weighted by atomic mass is 10.0. The first kappa shape index (κ1) is 22.1. The molecule has 2 saturated heterocycles. The van der Waals surface area contributed by atoms with Crippen LogP contribution in [0.15, 0.2) is 43.1 Å². The van der Waals surface area contributed by atoms with Gasteiger partial charge < -0.3 is 19.5 Å². The van der Waals surface area contributed by atoms with E-state index in [-0.39, 0.29) is 48.5 Å². The van der Waals surface area contributed by atoms with E-state index < -0.39 is 11.9 Å². The summed E-state index contributed by atoms with van der Waals surface area (Å²) in [5, 5.41) is 13.3. The molecule has 6 rings (SSSR count). The van der Waals surface area contributed by atoms with Crippen LogP contribution in [0.1, 0.15) is 45.3 Å². The lowest BCUT2D eigenvalue weighted by Gasteiger charge is -2.29. The zero-order valence-electron chi connectivity index (χ0n) is 19.0. The van der Waals surface area contributed by atoms with Crippen LogP contribution in [0, 0.1) is 0 Å². The molecule has 0 saturated carbocycles. The Bertz CT molecular complexity index is 1370. The summed E-state index contributed by atoms with van der Waals surface area (Å²) in [7, 11) is 0. The van der Waals surface area contributed by atoms with Crippen molar-refractivity contribution >= 4 is 23.6 Å². The van der Waals surface area contributed by atoms with Crippen molar-refractivity contribution in [2.24, 2.45) is 0 Å². The van der Waals surface area contributed by atoms with Gasteiger partial charge in [0, 0.05) is 30.9 Å². The van der Waals surface area contributed by atoms with Gasteiger partial charge in [-0.15, -0.1) is 5.10 Å². The number of hydrogen-bond acceptors (Lipinski definition) is 8. The Labute approximate surface area is 204 Å². The van der Waals surface area contributed by atoms with Gasteiger partial charge in [0.05, 0.1) is 43.5 Å². The highest BCUT2D eigenvalue weighted by Gasteiger charge is 2.39. The van der Waals surface area contributed by atoms with Crippen molar-refractivity contribution in [2.75, 3.05) is 13.2 Å². The van der Waals surface area contributed by atoms with Crippen LogP contribution >= 0.6 is 0 Å². The van der Waals surface area contributed by atoms with Gasteiger partial charge in [-0.25, -0.2) is 9.67 Å². The zero-order valence-corrected chi connectivity index (χ0v) is 19.0. The average molecular weight is 490 g/mol. The van der Waals surface area contributed by atoms with Gasteiger partial charge in [0.2, 0.25) is 11.8 Å². The smallest absolute Gasteiger partial charge is 0.273 e. The maximum atomic E-state index is 12.9. The van der Waals surface area contributed by atoms with Crippen LogP contribution in [0.5, 0.6) is 0 Å². The van der Waals surface area contributed by atoms with Crippen LogP contribution in [-0.2, 0) is 20.9 Å². The van der Waals surface area contributed by atoms with Crippen molar-refractivity contribution in [1.82, 2.24) is 40.1 Å². The summed E-state index contributed by atoms with van der Waals surface area (Å²) in [4.78, 5) is 55.0. The first-order valence-corrected chi connectivity index (χ1v) is 11.5. The third-order valence-electron chi connectivity index (χ3n) is 6.77. The zero-order chi connectivity index (χ0) is 24.8. The quantitative estimate of drug-likeness (QED) is 0.458. The summed E-state index contributed by atoms with van der Waals surface area (Å²) in [6.07, 6.45) is 7.21. The summed E-state index contributed by atoms with van der Waals surface area (Å²) in [6, 6.07) is 4.19. The molecular weight excluding hydrogens is 468 g/mol. The number of nitrogens with one attached hydrogen (secondary N) is 2. The van der Waals surface area contributed by atoms with Gasteiger partial charge in [-0.3, -0.25) is 24.5 Å². The fourth-order valence-electron chi connectivity index (χ4n) is 4.88. The molecule has 2 aromatic heterocycles. The van der Waals surface area contributed by atoms with E-state index in [1.54, 1.807) is 30.7 Å². The van der Waals surface area contributed by atoms with Gasteiger partial charge in [0.1, 0.15) is 6.04 Å². The number of piperidine rings is 1. The summed E-state index contributed by atoms with van der Waals surface area (Å²) in [5.74, 6) is -1.41. The number of fused-ring (bicyclic) bond motifs is 1. The largest absolute Gasteiger partial charge is 0.377 e. The van der Waals surface area contributed by atoms with Crippen molar-refractivity contribution in [1.29, 1.82) is 0 Å². The third kappa shape index (κ3) is 3.82. The highest BCUT2D eigenvalue weighted by molar-refractivity contribution is 6.05. The Hall–Kier alpha value is -4.39. The minimum atomic E-state index is -0.682. The fourth-order valence-corrected chi connectivity index (χ4v) is 4.88. The van der Waals surface area contributed by atoms with Gasteiger partial charge in [-0.1, -0.05) is 5.21 Å². The number of ether oxygens (including phenoxy) is 1. The molecule has 2 N–H and O–H groups in total. The van der Waals surface area contributed by atoms with Crippen molar-refractivity contribution in [3.05, 3.63) is 59.9 Å². The Morgan fingerprint density at radius 3 is 2.89 bits per heavy atom. The van der Waals surface area contributed by atoms with Crippen molar-refractivity contribution in [3.63, 3.8) is 0 Å². The predicted octanol–water partition coefficient (Wildman–Crippen LogP) is -0.405. The van der Waals surface area contributed by atoms with Crippen molar-refractivity contribution in [2.45, 2.75) is 37.5 Å². The number of imide groups is 1. The SMILES string of the molecule is O=C1CCC(N2Cc3cc(-n4cc(C(=O)N[C@@H]5COC[C@@H]5n5ccnc5)nn4)ccc3C2=O)C(=O)N1. The van der Waals surface area contributed by atoms with Gasteiger partial charge in [0.15, 0.2) is 5.69 Å². The number of amides is 4. The van der Waals surface area contributed by atoms with Crippen LogP contribution in [0.3, 0.4) is 0 Å². The molecule has 5 heterocycles. The number of nitrogens with zero attached hydrogens (tertiary/aromatic N) is 6. The summed E-state index contributed by atoms with van der Waals surface area (Å²) in [6.45, 7) is 1.09. The first-order chi connectivity index (χ1) is 17.5. The maximum Gasteiger partial charge on any atom is 0.273 e. The summed E-state index contributed by atoms with van der Waals surface area (Å²) in [5.41, 5.74) is 2.00. The summed E-state index contributed by atoms with van der Waals surface area (Å²) >= 11 is 0. The number of imidazole rings is 1. The Kier molecular flexibility index (Phi) is 5.33. The molecule has 36 heavy (non-hydrogen) atoms. The normalized spacial score (nSPS) is 23.6. The molecule has 184 valence electrons. The highest BCUT2D eigenvalue weighted by atomic mass is 16.5. The molecular formula is C23H22N8O5. The van der Waals surface area contributed by atoms with Crippen LogP contribution in [0.4, 0.5) is 0 Å². The average Bonchev–Trinajstić information content (AvgIpc) is 3.66. The molecule has 3 atom stereocenters. The number of hydrogen-bond donors (Lipinski definition) is 2. The van der Waals surface area contributed by atoms with E-state index in [2.05, 4.69) is 25.9 Å². The second kappa shape index (κ2) is 8.68. The lowest BCUT2D eigenvalue weighted by molar-refractivity contribution is -0.136. The maximum absolute atomic E-state index is 12.9. The molecule has 2 fully saturated rings. The Morgan fingerprint density at radius 2 is 2.08 bits per heavy atom. The van der Waals surface area contributed by atoms with Crippen molar-refractivity contribution < 1.29 is 23.9 Å². The van der Waals surface area contributed by atoms with E-state index in [1.165, 1.54) is 15.8 Å². The second-order valence-electron chi connectivity index (χ2n) is 8.98. The van der Waals surface area contributed by atoms with E-state index in [4.69, 9.17) is 4.74 Å². The van der Waals surface area contributed by atoms with Crippen LogP contribution in [0.2, 0.25) is 0 Å². The third-order valence-corrected chi connectivity index (χ3v) is 6.77. The van der Waals surface area contributed by atoms with Crippen molar-refractivity contribution in [3.8, 4) is 5.69 Å².